The quantitative estimate of drug-likeness (QED) is 0.853. The first-order chi connectivity index (χ1) is 8.68. The minimum Gasteiger partial charge on any atom is -0.388 e. The maximum atomic E-state index is 10.6. The van der Waals surface area contributed by atoms with Crippen LogP contribution in [0.15, 0.2) is 24.3 Å². The summed E-state index contributed by atoms with van der Waals surface area (Å²) < 4.78 is 1.95. The molecule has 2 aromatic rings. The number of benzene rings is 1. The maximum Gasteiger partial charge on any atom is 0.201 e. The molecule has 1 saturated carbocycles. The molecule has 0 radical (unpaired) electrons. The van der Waals surface area contributed by atoms with E-state index in [0.717, 1.165) is 36.7 Å². The highest BCUT2D eigenvalue weighted by atomic mass is 16.3. The molecule has 0 saturated heterocycles. The number of rotatable bonds is 2. The highest BCUT2D eigenvalue weighted by Crippen LogP contribution is 2.31. The zero-order valence-corrected chi connectivity index (χ0v) is 10.5. The molecule has 4 heteroatoms. The number of aliphatic hydroxyl groups is 1. The number of para-hydroxylation sites is 2. The van der Waals surface area contributed by atoms with Gasteiger partial charge in [-0.2, -0.15) is 0 Å². The van der Waals surface area contributed by atoms with Gasteiger partial charge in [-0.1, -0.05) is 31.4 Å². The maximum absolute atomic E-state index is 10.6. The Morgan fingerprint density at radius 1 is 1.22 bits per heavy atom. The molecule has 3 N–H and O–H groups in total. The van der Waals surface area contributed by atoms with Crippen molar-refractivity contribution < 1.29 is 5.11 Å². The molecule has 1 aliphatic rings. The van der Waals surface area contributed by atoms with Gasteiger partial charge in [0.25, 0.3) is 0 Å². The van der Waals surface area contributed by atoms with Crippen molar-refractivity contribution in [3.05, 3.63) is 24.3 Å². The summed E-state index contributed by atoms with van der Waals surface area (Å²) in [6.07, 6.45) is 5.15. The summed E-state index contributed by atoms with van der Waals surface area (Å²) in [5, 5.41) is 10.6. The second kappa shape index (κ2) is 4.28. The minimum atomic E-state index is -0.615. The molecular formula is C14H19N3O. The standard InChI is InChI=1S/C14H19N3O/c15-13-16-11-6-2-3-7-12(11)17(13)10-14(18)8-4-1-5-9-14/h2-3,6-7,18H,1,4-5,8-10H2,(H2,15,16). The van der Waals surface area contributed by atoms with E-state index in [4.69, 9.17) is 5.73 Å². The Hall–Kier alpha value is -1.55. The van der Waals surface area contributed by atoms with Gasteiger partial charge >= 0.3 is 0 Å². The molecule has 0 atom stereocenters. The third-order valence-electron chi connectivity index (χ3n) is 3.92. The van der Waals surface area contributed by atoms with E-state index in [-0.39, 0.29) is 0 Å². The molecule has 1 fully saturated rings. The molecule has 18 heavy (non-hydrogen) atoms. The van der Waals surface area contributed by atoms with Crippen LogP contribution in [0.3, 0.4) is 0 Å². The number of hydrogen-bond acceptors (Lipinski definition) is 3. The van der Waals surface area contributed by atoms with Crippen LogP contribution in [0.25, 0.3) is 11.0 Å². The van der Waals surface area contributed by atoms with Crippen LogP contribution in [0.1, 0.15) is 32.1 Å². The highest BCUT2D eigenvalue weighted by Gasteiger charge is 2.30. The Labute approximate surface area is 106 Å². The number of anilines is 1. The van der Waals surface area contributed by atoms with Crippen molar-refractivity contribution in [2.75, 3.05) is 5.73 Å². The summed E-state index contributed by atoms with van der Waals surface area (Å²) in [5.74, 6) is 0.496. The Bertz CT molecular complexity index is 555. The van der Waals surface area contributed by atoms with Crippen molar-refractivity contribution >= 4 is 17.0 Å². The van der Waals surface area contributed by atoms with E-state index in [1.807, 2.05) is 28.8 Å². The van der Waals surface area contributed by atoms with Crippen LogP contribution in [-0.4, -0.2) is 20.3 Å². The molecule has 0 amide bonds. The number of nitrogen functional groups attached to an aromatic ring is 1. The molecule has 0 unspecified atom stereocenters. The van der Waals surface area contributed by atoms with E-state index in [1.165, 1.54) is 6.42 Å². The Balaban J connectivity index is 1.96. The van der Waals surface area contributed by atoms with E-state index in [2.05, 4.69) is 4.98 Å². The summed E-state index contributed by atoms with van der Waals surface area (Å²) in [6, 6.07) is 7.89. The second-order valence-electron chi connectivity index (χ2n) is 5.33. The predicted molar refractivity (Wildman–Crippen MR) is 72.2 cm³/mol. The van der Waals surface area contributed by atoms with E-state index in [1.54, 1.807) is 0 Å². The van der Waals surface area contributed by atoms with Crippen molar-refractivity contribution in [1.29, 1.82) is 0 Å². The van der Waals surface area contributed by atoms with Gasteiger partial charge in [-0.05, 0) is 25.0 Å². The van der Waals surface area contributed by atoms with Crippen molar-refractivity contribution in [3.8, 4) is 0 Å². The number of nitrogens with zero attached hydrogens (tertiary/aromatic N) is 2. The molecular weight excluding hydrogens is 226 g/mol. The average molecular weight is 245 g/mol. The first-order valence-corrected chi connectivity index (χ1v) is 6.61. The van der Waals surface area contributed by atoms with Crippen molar-refractivity contribution in [1.82, 2.24) is 9.55 Å². The molecule has 4 nitrogen and oxygen atoms in total. The summed E-state index contributed by atoms with van der Waals surface area (Å²) in [6.45, 7) is 0.555. The third kappa shape index (κ3) is 1.97. The van der Waals surface area contributed by atoms with Gasteiger partial charge in [0.1, 0.15) is 0 Å². The van der Waals surface area contributed by atoms with Gasteiger partial charge < -0.3 is 15.4 Å². The van der Waals surface area contributed by atoms with E-state index < -0.39 is 5.60 Å². The van der Waals surface area contributed by atoms with Crippen molar-refractivity contribution in [2.45, 2.75) is 44.2 Å². The van der Waals surface area contributed by atoms with Crippen LogP contribution in [0.4, 0.5) is 5.95 Å². The monoisotopic (exact) mass is 245 g/mol. The summed E-state index contributed by atoms with van der Waals surface area (Å²) >= 11 is 0. The van der Waals surface area contributed by atoms with Crippen LogP contribution >= 0.6 is 0 Å². The van der Waals surface area contributed by atoms with Crippen LogP contribution in [0.2, 0.25) is 0 Å². The zero-order valence-electron chi connectivity index (χ0n) is 10.5. The van der Waals surface area contributed by atoms with Crippen LogP contribution in [0, 0.1) is 0 Å². The van der Waals surface area contributed by atoms with Gasteiger partial charge in [-0.25, -0.2) is 4.98 Å². The first kappa shape index (κ1) is 11.5. The van der Waals surface area contributed by atoms with E-state index in [0.29, 0.717) is 12.5 Å². The normalized spacial score (nSPS) is 19.2. The largest absolute Gasteiger partial charge is 0.388 e. The number of imidazole rings is 1. The Morgan fingerprint density at radius 3 is 2.72 bits per heavy atom. The zero-order chi connectivity index (χ0) is 12.6. The molecule has 0 spiro atoms. The van der Waals surface area contributed by atoms with Gasteiger partial charge in [0.05, 0.1) is 23.2 Å². The van der Waals surface area contributed by atoms with Gasteiger partial charge in [0.2, 0.25) is 5.95 Å². The third-order valence-corrected chi connectivity index (χ3v) is 3.92. The Morgan fingerprint density at radius 2 is 1.94 bits per heavy atom. The lowest BCUT2D eigenvalue weighted by Gasteiger charge is -2.32. The molecule has 0 bridgehead atoms. The molecule has 1 aromatic carbocycles. The molecule has 0 aliphatic heterocycles. The molecule has 1 heterocycles. The van der Waals surface area contributed by atoms with Gasteiger partial charge in [-0.15, -0.1) is 0 Å². The fourth-order valence-electron chi connectivity index (χ4n) is 2.92. The fraction of sp³-hybridized carbons (Fsp3) is 0.500. The SMILES string of the molecule is Nc1nc2ccccc2n1CC1(O)CCCCC1. The smallest absolute Gasteiger partial charge is 0.201 e. The van der Waals surface area contributed by atoms with Gasteiger partial charge in [-0.3, -0.25) is 0 Å². The van der Waals surface area contributed by atoms with E-state index in [9.17, 15) is 5.11 Å². The molecule has 1 aromatic heterocycles. The average Bonchev–Trinajstić information content (AvgIpc) is 2.67. The Kier molecular flexibility index (Phi) is 2.74. The van der Waals surface area contributed by atoms with E-state index >= 15 is 0 Å². The van der Waals surface area contributed by atoms with Gasteiger partial charge in [0, 0.05) is 0 Å². The molecule has 3 rings (SSSR count). The lowest BCUT2D eigenvalue weighted by Crippen LogP contribution is -2.36. The summed E-state index contributed by atoms with van der Waals surface area (Å²) in [4.78, 5) is 4.34. The van der Waals surface area contributed by atoms with Crippen LogP contribution in [0.5, 0.6) is 0 Å². The van der Waals surface area contributed by atoms with Crippen LogP contribution in [-0.2, 0) is 6.54 Å². The summed E-state index contributed by atoms with van der Waals surface area (Å²) in [5.41, 5.74) is 7.26. The van der Waals surface area contributed by atoms with Crippen molar-refractivity contribution in [3.63, 3.8) is 0 Å². The molecule has 96 valence electrons. The fourth-order valence-corrected chi connectivity index (χ4v) is 2.92. The van der Waals surface area contributed by atoms with Gasteiger partial charge in [0.15, 0.2) is 0 Å². The first-order valence-electron chi connectivity index (χ1n) is 6.61. The summed E-state index contributed by atoms with van der Waals surface area (Å²) in [7, 11) is 0. The number of nitrogens with two attached hydrogens (primary N) is 1. The lowest BCUT2D eigenvalue weighted by atomic mass is 9.85. The highest BCUT2D eigenvalue weighted by molar-refractivity contribution is 5.78. The van der Waals surface area contributed by atoms with Crippen LogP contribution < -0.4 is 5.73 Å². The predicted octanol–water partition coefficient (Wildman–Crippen LogP) is 2.31. The minimum absolute atomic E-state index is 0.496. The lowest BCUT2D eigenvalue weighted by molar-refractivity contribution is -0.0101. The second-order valence-corrected chi connectivity index (χ2v) is 5.33. The number of hydrogen-bond donors (Lipinski definition) is 2. The molecule has 1 aliphatic carbocycles. The number of fused-ring (bicyclic) bond motifs is 1. The van der Waals surface area contributed by atoms with Crippen molar-refractivity contribution in [2.24, 2.45) is 0 Å². The topological polar surface area (TPSA) is 64.1 Å². The number of aromatic nitrogens is 2.